The fraction of sp³-hybridized carbons (Fsp3) is 0.455. The molecule has 1 fully saturated rings. The molecule has 0 bridgehead atoms. The molecule has 88 valence electrons. The van der Waals surface area contributed by atoms with Gasteiger partial charge in [0.1, 0.15) is 0 Å². The maximum absolute atomic E-state index is 13.1. The Bertz CT molecular complexity index is 387. The summed E-state index contributed by atoms with van der Waals surface area (Å²) in [6, 6.07) is 6.00. The first-order chi connectivity index (χ1) is 7.37. The van der Waals surface area contributed by atoms with Gasteiger partial charge in [0.15, 0.2) is 5.60 Å². The van der Waals surface area contributed by atoms with Gasteiger partial charge in [-0.15, -0.1) is 0 Å². The van der Waals surface area contributed by atoms with Gasteiger partial charge in [-0.25, -0.2) is 8.78 Å². The van der Waals surface area contributed by atoms with E-state index >= 15 is 0 Å². The van der Waals surface area contributed by atoms with Crippen LogP contribution in [-0.4, -0.2) is 12.5 Å². The molecule has 1 atom stereocenters. The summed E-state index contributed by atoms with van der Waals surface area (Å²) in [5.74, 6) is -3.21. The molecule has 0 amide bonds. The van der Waals surface area contributed by atoms with Crippen molar-refractivity contribution in [3.05, 3.63) is 35.4 Å². The lowest BCUT2D eigenvalue weighted by Gasteiger charge is -2.17. The predicted octanol–water partition coefficient (Wildman–Crippen LogP) is 3.47. The van der Waals surface area contributed by atoms with Crippen LogP contribution in [0.2, 0.25) is 0 Å². The second-order valence-electron chi connectivity index (χ2n) is 3.95. The fourth-order valence-corrected chi connectivity index (χ4v) is 1.75. The summed E-state index contributed by atoms with van der Waals surface area (Å²) in [5.41, 5.74) is -1.15. The van der Waals surface area contributed by atoms with E-state index in [1.807, 2.05) is 0 Å². The Labute approximate surface area is 90.0 Å². The number of ether oxygens (including phenoxy) is 1. The standard InChI is InChI=1S/C11H10F4O/c1-7-2-4-8(5-3-7)10(16-9(12)13)6-11(10,14)15/h2-5,9H,6H2,1H3. The van der Waals surface area contributed by atoms with Crippen molar-refractivity contribution in [2.24, 2.45) is 0 Å². The summed E-state index contributed by atoms with van der Waals surface area (Å²) in [4.78, 5) is 0. The molecule has 5 heteroatoms. The molecule has 1 nitrogen and oxygen atoms in total. The van der Waals surface area contributed by atoms with Gasteiger partial charge in [0, 0.05) is 0 Å². The molecule has 1 saturated carbocycles. The van der Waals surface area contributed by atoms with Crippen LogP contribution in [0.25, 0.3) is 0 Å². The van der Waals surface area contributed by atoms with Crippen LogP contribution in [0.3, 0.4) is 0 Å². The Kier molecular flexibility index (Phi) is 2.45. The summed E-state index contributed by atoms with van der Waals surface area (Å²) in [5, 5.41) is 0. The Balaban J connectivity index is 2.32. The summed E-state index contributed by atoms with van der Waals surface area (Å²) < 4.78 is 54.6. The van der Waals surface area contributed by atoms with Crippen LogP contribution in [0.4, 0.5) is 17.6 Å². The molecule has 0 aliphatic heterocycles. The third-order valence-corrected chi connectivity index (χ3v) is 2.74. The van der Waals surface area contributed by atoms with Crippen LogP contribution in [-0.2, 0) is 10.3 Å². The van der Waals surface area contributed by atoms with E-state index in [9.17, 15) is 17.6 Å². The third-order valence-electron chi connectivity index (χ3n) is 2.74. The quantitative estimate of drug-likeness (QED) is 0.727. The molecule has 1 unspecified atom stereocenters. The summed E-state index contributed by atoms with van der Waals surface area (Å²) in [7, 11) is 0. The predicted molar refractivity (Wildman–Crippen MR) is 49.5 cm³/mol. The van der Waals surface area contributed by atoms with Gasteiger partial charge < -0.3 is 4.74 Å². The highest BCUT2D eigenvalue weighted by atomic mass is 19.3. The second kappa shape index (κ2) is 3.45. The smallest absolute Gasteiger partial charge is 0.305 e. The Morgan fingerprint density at radius 2 is 1.69 bits per heavy atom. The molecule has 1 aromatic carbocycles. The van der Waals surface area contributed by atoms with Crippen molar-refractivity contribution in [1.29, 1.82) is 0 Å². The second-order valence-corrected chi connectivity index (χ2v) is 3.95. The van der Waals surface area contributed by atoms with Crippen LogP contribution in [0, 0.1) is 6.92 Å². The van der Waals surface area contributed by atoms with E-state index in [1.54, 1.807) is 19.1 Å². The average molecular weight is 234 g/mol. The average Bonchev–Trinajstić information content (AvgIpc) is 2.68. The third kappa shape index (κ3) is 1.69. The molecule has 0 spiro atoms. The molecular weight excluding hydrogens is 224 g/mol. The maximum atomic E-state index is 13.1. The molecule has 0 N–H and O–H groups in total. The van der Waals surface area contributed by atoms with Crippen molar-refractivity contribution in [1.82, 2.24) is 0 Å². The van der Waals surface area contributed by atoms with Gasteiger partial charge in [0.05, 0.1) is 6.42 Å². The van der Waals surface area contributed by atoms with Crippen LogP contribution in [0.1, 0.15) is 17.5 Å². The number of benzene rings is 1. The van der Waals surface area contributed by atoms with Crippen LogP contribution in [0.15, 0.2) is 24.3 Å². The van der Waals surface area contributed by atoms with Gasteiger partial charge in [0.2, 0.25) is 0 Å². The number of rotatable bonds is 3. The Morgan fingerprint density at radius 3 is 2.06 bits per heavy atom. The minimum Gasteiger partial charge on any atom is -0.305 e. The molecule has 0 aromatic heterocycles. The molecule has 0 heterocycles. The van der Waals surface area contributed by atoms with Crippen molar-refractivity contribution in [3.63, 3.8) is 0 Å². The maximum Gasteiger partial charge on any atom is 0.346 e. The van der Waals surface area contributed by atoms with E-state index < -0.39 is 24.6 Å². The Morgan fingerprint density at radius 1 is 1.19 bits per heavy atom. The summed E-state index contributed by atoms with van der Waals surface area (Å²) >= 11 is 0. The van der Waals surface area contributed by atoms with Crippen LogP contribution in [0.5, 0.6) is 0 Å². The minimum absolute atomic E-state index is 0.100. The molecular formula is C11H10F4O. The van der Waals surface area contributed by atoms with E-state index in [0.29, 0.717) is 0 Å². The van der Waals surface area contributed by atoms with E-state index in [0.717, 1.165) is 5.56 Å². The van der Waals surface area contributed by atoms with E-state index in [2.05, 4.69) is 4.74 Å². The molecule has 1 aliphatic rings. The van der Waals surface area contributed by atoms with Crippen LogP contribution >= 0.6 is 0 Å². The number of hydrogen-bond donors (Lipinski definition) is 0. The zero-order valence-electron chi connectivity index (χ0n) is 8.51. The van der Waals surface area contributed by atoms with Crippen molar-refractivity contribution in [3.8, 4) is 0 Å². The summed E-state index contributed by atoms with van der Waals surface area (Å²) in [6.45, 7) is -1.41. The van der Waals surface area contributed by atoms with Gasteiger partial charge in [-0.1, -0.05) is 29.8 Å². The number of aryl methyl sites for hydroxylation is 1. The highest BCUT2D eigenvalue weighted by Crippen LogP contribution is 2.62. The van der Waals surface area contributed by atoms with Gasteiger partial charge in [-0.3, -0.25) is 0 Å². The molecule has 1 aromatic rings. The van der Waals surface area contributed by atoms with Crippen molar-refractivity contribution < 1.29 is 22.3 Å². The zero-order chi connectivity index (χ0) is 12.0. The fourth-order valence-electron chi connectivity index (χ4n) is 1.75. The van der Waals surface area contributed by atoms with E-state index in [1.165, 1.54) is 12.1 Å². The van der Waals surface area contributed by atoms with Crippen molar-refractivity contribution >= 4 is 0 Å². The van der Waals surface area contributed by atoms with Gasteiger partial charge >= 0.3 is 6.61 Å². The molecule has 0 radical (unpaired) electrons. The lowest BCUT2D eigenvalue weighted by atomic mass is 10.1. The molecule has 16 heavy (non-hydrogen) atoms. The largest absolute Gasteiger partial charge is 0.346 e. The first kappa shape index (κ1) is 11.4. The first-order valence-corrected chi connectivity index (χ1v) is 4.78. The van der Waals surface area contributed by atoms with Gasteiger partial charge in [-0.05, 0) is 12.5 Å². The summed E-state index contributed by atoms with van der Waals surface area (Å²) in [6.07, 6.45) is -0.687. The van der Waals surface area contributed by atoms with Crippen LogP contribution < -0.4 is 0 Å². The van der Waals surface area contributed by atoms with Gasteiger partial charge in [-0.2, -0.15) is 8.78 Å². The monoisotopic (exact) mass is 234 g/mol. The lowest BCUT2D eigenvalue weighted by molar-refractivity contribution is -0.202. The highest BCUT2D eigenvalue weighted by molar-refractivity contribution is 5.35. The molecule has 0 saturated heterocycles. The topological polar surface area (TPSA) is 9.23 Å². The number of hydrogen-bond acceptors (Lipinski definition) is 1. The number of halogens is 4. The molecule has 1 aliphatic carbocycles. The zero-order valence-corrected chi connectivity index (χ0v) is 8.51. The van der Waals surface area contributed by atoms with E-state index in [-0.39, 0.29) is 5.56 Å². The lowest BCUT2D eigenvalue weighted by Crippen LogP contribution is -2.23. The Hall–Kier alpha value is -1.10. The van der Waals surface area contributed by atoms with Crippen molar-refractivity contribution in [2.45, 2.75) is 31.5 Å². The normalized spacial score (nSPS) is 27.1. The van der Waals surface area contributed by atoms with E-state index in [4.69, 9.17) is 0 Å². The number of alkyl halides is 4. The molecule has 2 rings (SSSR count). The van der Waals surface area contributed by atoms with Gasteiger partial charge in [0.25, 0.3) is 5.92 Å². The van der Waals surface area contributed by atoms with Crippen molar-refractivity contribution in [2.75, 3.05) is 0 Å². The SMILES string of the molecule is Cc1ccc(C2(OC(F)F)CC2(F)F)cc1. The minimum atomic E-state index is -3.21. The highest BCUT2D eigenvalue weighted by Gasteiger charge is 2.74. The first-order valence-electron chi connectivity index (χ1n) is 4.78.